The molecule has 2 aromatic carbocycles. The van der Waals surface area contributed by atoms with E-state index in [1.165, 1.54) is 0 Å². The minimum absolute atomic E-state index is 0.0312. The van der Waals surface area contributed by atoms with E-state index in [-0.39, 0.29) is 5.56 Å². The SMILES string of the molecule is CC(C)CCn1c(=O)c2ccccc2n2c(SCc3cc(Cl)c4c(c3)OCCO4)nnc12. The van der Waals surface area contributed by atoms with E-state index in [2.05, 4.69) is 24.0 Å². The van der Waals surface area contributed by atoms with Crippen molar-refractivity contribution in [3.05, 3.63) is 57.3 Å². The number of hydrogen-bond donors (Lipinski definition) is 0. The van der Waals surface area contributed by atoms with Crippen LogP contribution in [0.1, 0.15) is 25.8 Å². The summed E-state index contributed by atoms with van der Waals surface area (Å²) in [5.41, 5.74) is 1.77. The van der Waals surface area contributed by atoms with Gasteiger partial charge in [-0.2, -0.15) is 0 Å². The summed E-state index contributed by atoms with van der Waals surface area (Å²) in [4.78, 5) is 13.2. The standard InChI is InChI=1S/C23H23ClN4O3S/c1-14(2)7-8-27-21(29)16-5-3-4-6-18(16)28-22(27)25-26-23(28)32-13-15-11-17(24)20-19(12-15)30-9-10-31-20/h3-6,11-12,14H,7-10,13H2,1-2H3. The van der Waals surface area contributed by atoms with Gasteiger partial charge in [0, 0.05) is 12.3 Å². The maximum Gasteiger partial charge on any atom is 0.262 e. The molecule has 0 radical (unpaired) electrons. The molecule has 0 spiro atoms. The smallest absolute Gasteiger partial charge is 0.262 e. The van der Waals surface area contributed by atoms with Gasteiger partial charge in [-0.3, -0.25) is 13.8 Å². The van der Waals surface area contributed by atoms with Gasteiger partial charge in [0.2, 0.25) is 5.78 Å². The molecule has 32 heavy (non-hydrogen) atoms. The van der Waals surface area contributed by atoms with Crippen LogP contribution in [0.5, 0.6) is 11.5 Å². The molecule has 2 aromatic heterocycles. The maximum atomic E-state index is 13.2. The quantitative estimate of drug-likeness (QED) is 0.377. The molecule has 1 aliphatic heterocycles. The van der Waals surface area contributed by atoms with Crippen molar-refractivity contribution in [3.63, 3.8) is 0 Å². The van der Waals surface area contributed by atoms with Crippen LogP contribution in [0.4, 0.5) is 0 Å². The van der Waals surface area contributed by atoms with Gasteiger partial charge in [0.25, 0.3) is 5.56 Å². The molecule has 166 valence electrons. The van der Waals surface area contributed by atoms with E-state index in [9.17, 15) is 4.79 Å². The fourth-order valence-electron chi connectivity index (χ4n) is 3.81. The fraction of sp³-hybridized carbons (Fsp3) is 0.348. The zero-order valence-corrected chi connectivity index (χ0v) is 19.4. The number of thioether (sulfide) groups is 1. The average Bonchev–Trinajstić information content (AvgIpc) is 3.21. The van der Waals surface area contributed by atoms with Crippen molar-refractivity contribution in [2.24, 2.45) is 5.92 Å². The highest BCUT2D eigenvalue weighted by Crippen LogP contribution is 2.39. The Kier molecular flexibility index (Phi) is 5.73. The van der Waals surface area contributed by atoms with Crippen LogP contribution in [0.3, 0.4) is 0 Å². The lowest BCUT2D eigenvalue weighted by Crippen LogP contribution is -2.24. The first-order valence-electron chi connectivity index (χ1n) is 10.6. The van der Waals surface area contributed by atoms with Gasteiger partial charge in [-0.15, -0.1) is 10.2 Å². The molecule has 0 aliphatic carbocycles. The zero-order chi connectivity index (χ0) is 22.2. The Labute approximate surface area is 194 Å². The summed E-state index contributed by atoms with van der Waals surface area (Å²) in [7, 11) is 0. The molecule has 5 rings (SSSR count). The Hall–Kier alpha value is -2.71. The molecule has 0 saturated carbocycles. The minimum atomic E-state index is -0.0312. The van der Waals surface area contributed by atoms with Gasteiger partial charge in [0.1, 0.15) is 13.2 Å². The molecule has 0 unspecified atom stereocenters. The second kappa shape index (κ2) is 8.67. The summed E-state index contributed by atoms with van der Waals surface area (Å²) >= 11 is 7.94. The number of aryl methyl sites for hydroxylation is 1. The predicted octanol–water partition coefficient (Wildman–Crippen LogP) is 4.81. The van der Waals surface area contributed by atoms with Crippen LogP contribution in [-0.4, -0.2) is 32.4 Å². The molecule has 1 aliphatic rings. The molecule has 9 heteroatoms. The van der Waals surface area contributed by atoms with E-state index in [0.717, 1.165) is 22.7 Å². The Morgan fingerprint density at radius 1 is 1.16 bits per heavy atom. The molecule has 0 saturated heterocycles. The molecular weight excluding hydrogens is 448 g/mol. The second-order valence-electron chi connectivity index (χ2n) is 8.16. The lowest BCUT2D eigenvalue weighted by atomic mass is 10.1. The first-order chi connectivity index (χ1) is 15.5. The van der Waals surface area contributed by atoms with E-state index >= 15 is 0 Å². The number of ether oxygens (including phenoxy) is 2. The van der Waals surface area contributed by atoms with E-state index in [1.54, 1.807) is 16.3 Å². The van der Waals surface area contributed by atoms with Gasteiger partial charge in [0.05, 0.1) is 15.9 Å². The van der Waals surface area contributed by atoms with E-state index in [4.69, 9.17) is 21.1 Å². The third-order valence-electron chi connectivity index (χ3n) is 5.43. The number of hydrogen-bond acceptors (Lipinski definition) is 6. The molecule has 0 amide bonds. The van der Waals surface area contributed by atoms with Crippen LogP contribution < -0.4 is 15.0 Å². The first-order valence-corrected chi connectivity index (χ1v) is 12.0. The average molecular weight is 471 g/mol. The van der Waals surface area contributed by atoms with Crippen LogP contribution in [0.15, 0.2) is 46.3 Å². The van der Waals surface area contributed by atoms with Gasteiger partial charge >= 0.3 is 0 Å². The second-order valence-corrected chi connectivity index (χ2v) is 9.51. The van der Waals surface area contributed by atoms with Crippen molar-refractivity contribution in [3.8, 4) is 11.5 Å². The highest BCUT2D eigenvalue weighted by atomic mass is 35.5. The molecular formula is C23H23ClN4O3S. The number of nitrogens with zero attached hydrogens (tertiary/aromatic N) is 4. The van der Waals surface area contributed by atoms with Crippen LogP contribution in [0, 0.1) is 5.92 Å². The van der Waals surface area contributed by atoms with Crippen molar-refractivity contribution in [1.29, 1.82) is 0 Å². The van der Waals surface area contributed by atoms with Gasteiger partial charge in [0.15, 0.2) is 16.7 Å². The third kappa shape index (κ3) is 3.82. The number of para-hydroxylation sites is 1. The van der Waals surface area contributed by atoms with Gasteiger partial charge in [-0.05, 0) is 42.2 Å². The Morgan fingerprint density at radius 3 is 2.81 bits per heavy atom. The van der Waals surface area contributed by atoms with Crippen LogP contribution in [-0.2, 0) is 12.3 Å². The summed E-state index contributed by atoms with van der Waals surface area (Å²) in [6.45, 7) is 5.90. The van der Waals surface area contributed by atoms with Crippen molar-refractivity contribution in [2.75, 3.05) is 13.2 Å². The van der Waals surface area contributed by atoms with Crippen LogP contribution in [0.25, 0.3) is 16.7 Å². The predicted molar refractivity (Wildman–Crippen MR) is 126 cm³/mol. The molecule has 0 bridgehead atoms. The van der Waals surface area contributed by atoms with E-state index in [0.29, 0.717) is 59.1 Å². The molecule has 3 heterocycles. The number of fused-ring (bicyclic) bond motifs is 4. The Bertz CT molecular complexity index is 1370. The molecule has 0 atom stereocenters. The Morgan fingerprint density at radius 2 is 1.97 bits per heavy atom. The van der Waals surface area contributed by atoms with Crippen molar-refractivity contribution in [2.45, 2.75) is 37.7 Å². The molecule has 7 nitrogen and oxygen atoms in total. The topological polar surface area (TPSA) is 70.7 Å². The maximum absolute atomic E-state index is 13.2. The number of benzene rings is 2. The highest BCUT2D eigenvalue weighted by molar-refractivity contribution is 7.98. The van der Waals surface area contributed by atoms with E-state index in [1.807, 2.05) is 40.8 Å². The number of halogens is 1. The number of rotatable bonds is 6. The summed E-state index contributed by atoms with van der Waals surface area (Å²) in [5, 5.41) is 10.7. The summed E-state index contributed by atoms with van der Waals surface area (Å²) in [6, 6.07) is 11.4. The largest absolute Gasteiger partial charge is 0.486 e. The highest BCUT2D eigenvalue weighted by Gasteiger charge is 2.19. The Balaban J connectivity index is 1.54. The molecule has 0 fully saturated rings. The monoisotopic (exact) mass is 470 g/mol. The van der Waals surface area contributed by atoms with Crippen molar-refractivity contribution < 1.29 is 9.47 Å². The molecule has 0 N–H and O–H groups in total. The normalized spacial score (nSPS) is 13.4. The van der Waals surface area contributed by atoms with Gasteiger partial charge < -0.3 is 9.47 Å². The third-order valence-corrected chi connectivity index (χ3v) is 6.71. The summed E-state index contributed by atoms with van der Waals surface area (Å²) in [5.74, 6) is 2.93. The lowest BCUT2D eigenvalue weighted by Gasteiger charge is -2.20. The fourth-order valence-corrected chi connectivity index (χ4v) is 4.97. The molecule has 4 aromatic rings. The zero-order valence-electron chi connectivity index (χ0n) is 17.9. The van der Waals surface area contributed by atoms with E-state index < -0.39 is 0 Å². The minimum Gasteiger partial charge on any atom is -0.486 e. The first kappa shape index (κ1) is 21.2. The summed E-state index contributed by atoms with van der Waals surface area (Å²) < 4.78 is 15.0. The van der Waals surface area contributed by atoms with Crippen LogP contribution >= 0.6 is 23.4 Å². The number of aromatic nitrogens is 4. The van der Waals surface area contributed by atoms with Crippen molar-refractivity contribution >= 4 is 40.0 Å². The van der Waals surface area contributed by atoms with Crippen LogP contribution in [0.2, 0.25) is 5.02 Å². The van der Waals surface area contributed by atoms with Gasteiger partial charge in [-0.25, -0.2) is 0 Å². The lowest BCUT2D eigenvalue weighted by molar-refractivity contribution is 0.171. The summed E-state index contributed by atoms with van der Waals surface area (Å²) in [6.07, 6.45) is 0.888. The van der Waals surface area contributed by atoms with Gasteiger partial charge in [-0.1, -0.05) is 49.3 Å². The van der Waals surface area contributed by atoms with Crippen molar-refractivity contribution in [1.82, 2.24) is 19.2 Å².